The number of hydrogen-bond donors (Lipinski definition) is 0. The molecule has 2 rings (SSSR count). The van der Waals surface area contributed by atoms with Gasteiger partial charge in [0.2, 0.25) is 5.75 Å². The van der Waals surface area contributed by atoms with Gasteiger partial charge in [0.15, 0.2) is 29.0 Å². The molecule has 1 aliphatic rings. The predicted octanol–water partition coefficient (Wildman–Crippen LogP) is 1.94. The summed E-state index contributed by atoms with van der Waals surface area (Å²) in [5.74, 6) is -2.26. The Bertz CT molecular complexity index is 774. The van der Waals surface area contributed by atoms with Crippen LogP contribution in [0.5, 0.6) is 17.2 Å². The van der Waals surface area contributed by atoms with Crippen molar-refractivity contribution in [2.75, 3.05) is 21.3 Å². The third kappa shape index (κ3) is 3.71. The highest BCUT2D eigenvalue weighted by Crippen LogP contribution is 2.40. The van der Waals surface area contributed by atoms with Gasteiger partial charge in [-0.1, -0.05) is 0 Å². The smallest absolute Gasteiger partial charge is 0.329 e. The maximum Gasteiger partial charge on any atom is 0.329 e. The average molecular weight is 346 g/mol. The molecule has 1 atom stereocenters. The number of allylic oxidation sites excluding steroid dienone is 3. The van der Waals surface area contributed by atoms with Crippen molar-refractivity contribution in [1.29, 1.82) is 0 Å². The first-order valence-electron chi connectivity index (χ1n) is 7.37. The van der Waals surface area contributed by atoms with Gasteiger partial charge in [0, 0.05) is 11.6 Å². The quantitative estimate of drug-likeness (QED) is 0.442. The molecule has 1 aromatic rings. The van der Waals surface area contributed by atoms with Crippen LogP contribution in [0.2, 0.25) is 0 Å². The minimum atomic E-state index is -1.48. The van der Waals surface area contributed by atoms with Gasteiger partial charge in [0.1, 0.15) is 5.76 Å². The number of ketones is 2. The number of hydrogen-bond acceptors (Lipinski definition) is 7. The summed E-state index contributed by atoms with van der Waals surface area (Å²) in [5.41, 5.74) is 0.525. The van der Waals surface area contributed by atoms with Crippen molar-refractivity contribution in [1.82, 2.24) is 0 Å². The second kappa shape index (κ2) is 7.65. The molecule has 0 spiro atoms. The van der Waals surface area contributed by atoms with E-state index in [4.69, 9.17) is 18.9 Å². The van der Waals surface area contributed by atoms with Crippen LogP contribution in [-0.4, -0.2) is 38.9 Å². The van der Waals surface area contributed by atoms with E-state index in [0.29, 0.717) is 22.8 Å². The van der Waals surface area contributed by atoms with Gasteiger partial charge in [-0.05, 0) is 31.2 Å². The normalized spacial score (nSPS) is 17.1. The fourth-order valence-electron chi connectivity index (χ4n) is 2.43. The number of methoxy groups -OCH3 is 3. The van der Waals surface area contributed by atoms with Gasteiger partial charge in [0.05, 0.1) is 21.3 Å². The zero-order valence-corrected chi connectivity index (χ0v) is 14.3. The zero-order chi connectivity index (χ0) is 18.6. The zero-order valence-electron chi connectivity index (χ0n) is 14.3. The fraction of sp³-hybridized carbons (Fsp3) is 0.278. The Morgan fingerprint density at radius 1 is 1.08 bits per heavy atom. The molecular weight excluding hydrogens is 328 g/mol. The standard InChI is InChI=1S/C18H18O7/c1-10-9-13(20)15(18(21)25-10)12(19)7-5-11-6-8-14(22-2)17(24-4)16(11)23-3/h5-9,15H,1-4H3/b7-5+. The van der Waals surface area contributed by atoms with E-state index in [2.05, 4.69) is 0 Å². The lowest BCUT2D eigenvalue weighted by Crippen LogP contribution is -2.34. The Labute approximate surface area is 144 Å². The highest BCUT2D eigenvalue weighted by atomic mass is 16.5. The van der Waals surface area contributed by atoms with E-state index >= 15 is 0 Å². The molecule has 0 N–H and O–H groups in total. The summed E-state index contributed by atoms with van der Waals surface area (Å²) in [6.07, 6.45) is 3.71. The second-order valence-corrected chi connectivity index (χ2v) is 5.17. The van der Waals surface area contributed by atoms with Crippen LogP contribution in [0.25, 0.3) is 6.08 Å². The molecule has 0 aromatic heterocycles. The van der Waals surface area contributed by atoms with Crippen LogP contribution in [0.1, 0.15) is 12.5 Å². The number of carbonyl (C=O) groups excluding carboxylic acids is 3. The average Bonchev–Trinajstić information content (AvgIpc) is 2.57. The Morgan fingerprint density at radius 3 is 2.32 bits per heavy atom. The van der Waals surface area contributed by atoms with E-state index in [1.807, 2.05) is 0 Å². The molecule has 0 radical (unpaired) electrons. The molecular formula is C18H18O7. The maximum absolute atomic E-state index is 12.2. The summed E-state index contributed by atoms with van der Waals surface area (Å²) in [6.45, 7) is 1.47. The number of ether oxygens (including phenoxy) is 4. The lowest BCUT2D eigenvalue weighted by Gasteiger charge is -2.16. The number of benzene rings is 1. The van der Waals surface area contributed by atoms with E-state index in [1.165, 1.54) is 34.3 Å². The molecule has 0 bridgehead atoms. The molecule has 0 saturated carbocycles. The minimum Gasteiger partial charge on any atom is -0.493 e. The molecule has 0 aliphatic carbocycles. The van der Waals surface area contributed by atoms with Gasteiger partial charge in [-0.3, -0.25) is 14.4 Å². The van der Waals surface area contributed by atoms with Crippen LogP contribution in [0.3, 0.4) is 0 Å². The Balaban J connectivity index is 2.32. The SMILES string of the molecule is COc1ccc(/C=C/C(=O)C2C(=O)C=C(C)OC2=O)c(OC)c1OC. The molecule has 1 heterocycles. The molecule has 7 heteroatoms. The molecule has 25 heavy (non-hydrogen) atoms. The molecule has 1 aliphatic heterocycles. The Hall–Kier alpha value is -3.09. The van der Waals surface area contributed by atoms with E-state index in [-0.39, 0.29) is 5.76 Å². The summed E-state index contributed by atoms with van der Waals surface area (Å²) in [7, 11) is 4.41. The first-order chi connectivity index (χ1) is 11.9. The third-order valence-electron chi connectivity index (χ3n) is 3.57. The van der Waals surface area contributed by atoms with E-state index < -0.39 is 23.5 Å². The first-order valence-corrected chi connectivity index (χ1v) is 7.37. The van der Waals surface area contributed by atoms with Gasteiger partial charge < -0.3 is 18.9 Å². The van der Waals surface area contributed by atoms with Crippen molar-refractivity contribution in [3.63, 3.8) is 0 Å². The molecule has 7 nitrogen and oxygen atoms in total. The van der Waals surface area contributed by atoms with Crippen LogP contribution in [0, 0.1) is 5.92 Å². The van der Waals surface area contributed by atoms with Gasteiger partial charge in [-0.2, -0.15) is 0 Å². The summed E-state index contributed by atoms with van der Waals surface area (Å²) in [4.78, 5) is 35.9. The van der Waals surface area contributed by atoms with Crippen molar-refractivity contribution in [2.24, 2.45) is 5.92 Å². The van der Waals surface area contributed by atoms with Crippen LogP contribution in [0.4, 0.5) is 0 Å². The van der Waals surface area contributed by atoms with Crippen molar-refractivity contribution in [3.8, 4) is 17.2 Å². The van der Waals surface area contributed by atoms with E-state index in [0.717, 1.165) is 12.2 Å². The number of cyclic esters (lactones) is 1. The van der Waals surface area contributed by atoms with E-state index in [9.17, 15) is 14.4 Å². The molecule has 0 saturated heterocycles. The van der Waals surface area contributed by atoms with Crippen molar-refractivity contribution in [2.45, 2.75) is 6.92 Å². The highest BCUT2D eigenvalue weighted by molar-refractivity contribution is 6.25. The maximum atomic E-state index is 12.2. The van der Waals surface area contributed by atoms with Gasteiger partial charge in [-0.25, -0.2) is 0 Å². The molecule has 0 fully saturated rings. The summed E-state index contributed by atoms with van der Waals surface area (Å²) in [5, 5.41) is 0. The Morgan fingerprint density at radius 2 is 1.76 bits per heavy atom. The highest BCUT2D eigenvalue weighted by Gasteiger charge is 2.36. The molecule has 1 unspecified atom stereocenters. The van der Waals surface area contributed by atoms with Crippen LogP contribution in [-0.2, 0) is 19.1 Å². The monoisotopic (exact) mass is 346 g/mol. The van der Waals surface area contributed by atoms with E-state index in [1.54, 1.807) is 12.1 Å². The van der Waals surface area contributed by atoms with Crippen molar-refractivity contribution < 1.29 is 33.3 Å². The number of rotatable bonds is 6. The summed E-state index contributed by atoms with van der Waals surface area (Å²) >= 11 is 0. The van der Waals surface area contributed by atoms with Crippen molar-refractivity contribution >= 4 is 23.6 Å². The number of esters is 1. The fourth-order valence-corrected chi connectivity index (χ4v) is 2.43. The first kappa shape index (κ1) is 18.3. The molecule has 0 amide bonds. The summed E-state index contributed by atoms with van der Waals surface area (Å²) in [6, 6.07) is 3.31. The second-order valence-electron chi connectivity index (χ2n) is 5.17. The third-order valence-corrected chi connectivity index (χ3v) is 3.57. The molecule has 1 aromatic carbocycles. The lowest BCUT2D eigenvalue weighted by atomic mass is 9.96. The predicted molar refractivity (Wildman–Crippen MR) is 88.5 cm³/mol. The molecule has 132 valence electrons. The van der Waals surface area contributed by atoms with Crippen LogP contribution in [0.15, 0.2) is 30.0 Å². The Kier molecular flexibility index (Phi) is 5.59. The number of carbonyl (C=O) groups is 3. The lowest BCUT2D eigenvalue weighted by molar-refractivity contribution is -0.151. The largest absolute Gasteiger partial charge is 0.493 e. The van der Waals surface area contributed by atoms with Gasteiger partial charge >= 0.3 is 5.97 Å². The van der Waals surface area contributed by atoms with Crippen LogP contribution >= 0.6 is 0 Å². The summed E-state index contributed by atoms with van der Waals surface area (Å²) < 4.78 is 20.6. The van der Waals surface area contributed by atoms with Crippen LogP contribution < -0.4 is 14.2 Å². The van der Waals surface area contributed by atoms with Gasteiger partial charge in [0.25, 0.3) is 0 Å². The van der Waals surface area contributed by atoms with Crippen molar-refractivity contribution in [3.05, 3.63) is 35.6 Å². The minimum absolute atomic E-state index is 0.171. The topological polar surface area (TPSA) is 88.1 Å². The van der Waals surface area contributed by atoms with Gasteiger partial charge in [-0.15, -0.1) is 0 Å².